The summed E-state index contributed by atoms with van der Waals surface area (Å²) in [6.07, 6.45) is -40.1. The second kappa shape index (κ2) is 26.3. The van der Waals surface area contributed by atoms with Crippen LogP contribution in [0.2, 0.25) is 0 Å². The zero-order valence-electron chi connectivity index (χ0n) is 53.2. The van der Waals surface area contributed by atoms with Gasteiger partial charge in [0, 0.05) is 0 Å². The molecule has 528 valence electrons. The number of hydrogen-bond acceptors (Lipinski definition) is 30. The summed E-state index contributed by atoms with van der Waals surface area (Å²) in [7, 11) is 0. The van der Waals surface area contributed by atoms with E-state index in [2.05, 4.69) is 40.7 Å². The van der Waals surface area contributed by atoms with E-state index in [1.807, 2.05) is 13.8 Å². The predicted octanol–water partition coefficient (Wildman–Crippen LogP) is -4.86. The molecular formula is C62H100O30. The monoisotopic (exact) mass is 1320 g/mol. The lowest BCUT2D eigenvalue weighted by atomic mass is 9.33. The van der Waals surface area contributed by atoms with Gasteiger partial charge in [-0.25, -0.2) is 0 Å². The quantitative estimate of drug-likeness (QED) is 0.0467. The van der Waals surface area contributed by atoms with Crippen LogP contribution in [0.15, 0.2) is 11.6 Å². The second-order valence-corrected chi connectivity index (χ2v) is 30.4. The Hall–Kier alpha value is -1.91. The molecule has 0 bridgehead atoms. The summed E-state index contributed by atoms with van der Waals surface area (Å²) in [6, 6.07) is 0. The van der Waals surface area contributed by atoms with Gasteiger partial charge in [-0.1, -0.05) is 60.1 Å². The Kier molecular flexibility index (Phi) is 20.4. The molecule has 6 heterocycles. The SMILES string of the molecule is CC1OC(OC2C(OC(=O)C34CCC(C)(C)CC3C3=CCC5C6(C)CC(O)C(OC7OC(COC8OCC(O)C(O)C8O)C(O)C(O)C7O)C(C)(C)C6CCC5(C)C3(C)CC4O)OCC(O)C2O)C(O)C(O)C1OC1OCC(O)C(OC2OCC(O)C(O)C2O)C1O. The Morgan fingerprint density at radius 1 is 0.500 bits per heavy atom. The van der Waals surface area contributed by atoms with Crippen molar-refractivity contribution in [1.29, 1.82) is 0 Å². The van der Waals surface area contributed by atoms with Crippen molar-refractivity contribution in [3.8, 4) is 0 Å². The molecule has 5 aliphatic carbocycles. The van der Waals surface area contributed by atoms with Crippen LogP contribution in [0.5, 0.6) is 0 Å². The molecule has 0 aromatic rings. The van der Waals surface area contributed by atoms with Gasteiger partial charge in [-0.15, -0.1) is 0 Å². The second-order valence-electron chi connectivity index (χ2n) is 30.4. The summed E-state index contributed by atoms with van der Waals surface area (Å²) < 4.78 is 70.3. The molecule has 17 N–H and O–H groups in total. The zero-order valence-corrected chi connectivity index (χ0v) is 53.2. The predicted molar refractivity (Wildman–Crippen MR) is 305 cm³/mol. The van der Waals surface area contributed by atoms with E-state index in [1.165, 1.54) is 6.92 Å². The first kappa shape index (κ1) is 71.4. The van der Waals surface area contributed by atoms with Crippen LogP contribution in [0.4, 0.5) is 0 Å². The maximum absolute atomic E-state index is 15.5. The third-order valence-electron chi connectivity index (χ3n) is 24.0. The van der Waals surface area contributed by atoms with E-state index in [4.69, 9.17) is 56.8 Å². The molecule has 6 aliphatic heterocycles. The van der Waals surface area contributed by atoms with Crippen molar-refractivity contribution in [2.75, 3.05) is 33.0 Å². The van der Waals surface area contributed by atoms with Crippen molar-refractivity contribution in [2.45, 2.75) is 285 Å². The lowest BCUT2D eigenvalue weighted by Gasteiger charge is -2.72. The molecule has 0 aromatic heterocycles. The van der Waals surface area contributed by atoms with Crippen molar-refractivity contribution in [1.82, 2.24) is 0 Å². The fraction of sp³-hybridized carbons (Fsp3) is 0.952. The van der Waals surface area contributed by atoms with Crippen LogP contribution < -0.4 is 0 Å². The van der Waals surface area contributed by atoms with Crippen LogP contribution in [0, 0.1) is 50.2 Å². The number of aliphatic hydroxyl groups is 17. The van der Waals surface area contributed by atoms with Gasteiger partial charge in [-0.05, 0) is 103 Å². The highest BCUT2D eigenvalue weighted by Gasteiger charge is 2.73. The zero-order chi connectivity index (χ0) is 67.0. The molecule has 36 atom stereocenters. The molecule has 0 radical (unpaired) electrons. The van der Waals surface area contributed by atoms with Gasteiger partial charge >= 0.3 is 5.97 Å². The number of allylic oxidation sites excluding steroid dienone is 2. The molecule has 0 spiro atoms. The summed E-state index contributed by atoms with van der Waals surface area (Å²) in [6.45, 7) is 14.0. The van der Waals surface area contributed by atoms with E-state index in [0.29, 0.717) is 32.1 Å². The molecule has 6 saturated heterocycles. The van der Waals surface area contributed by atoms with Crippen molar-refractivity contribution >= 4 is 5.97 Å². The highest BCUT2D eigenvalue weighted by Crippen LogP contribution is 2.76. The summed E-state index contributed by atoms with van der Waals surface area (Å²) in [5.74, 6) is -1.61. The van der Waals surface area contributed by atoms with E-state index in [1.54, 1.807) is 0 Å². The van der Waals surface area contributed by atoms with E-state index in [0.717, 1.165) is 5.57 Å². The number of aliphatic hydroxyl groups excluding tert-OH is 17. The number of carbonyl (C=O) groups excluding carboxylic acids is 1. The summed E-state index contributed by atoms with van der Waals surface area (Å²) in [4.78, 5) is 15.5. The number of hydrogen-bond donors (Lipinski definition) is 17. The third kappa shape index (κ3) is 12.1. The summed E-state index contributed by atoms with van der Waals surface area (Å²) in [5, 5.41) is 187. The fourth-order valence-corrected chi connectivity index (χ4v) is 18.5. The van der Waals surface area contributed by atoms with Crippen LogP contribution >= 0.6 is 0 Å². The number of esters is 1. The minimum atomic E-state index is -1.98. The highest BCUT2D eigenvalue weighted by molar-refractivity contribution is 5.80. The Balaban J connectivity index is 0.780. The van der Waals surface area contributed by atoms with Crippen LogP contribution in [0.3, 0.4) is 0 Å². The van der Waals surface area contributed by atoms with Gasteiger partial charge in [0.1, 0.15) is 115 Å². The average Bonchev–Trinajstić information content (AvgIpc) is 0.671. The minimum Gasteiger partial charge on any atom is -0.432 e. The van der Waals surface area contributed by atoms with Crippen molar-refractivity contribution in [2.24, 2.45) is 50.2 Å². The number of ether oxygens (including phenoxy) is 12. The smallest absolute Gasteiger partial charge is 0.317 e. The molecule has 4 saturated carbocycles. The maximum atomic E-state index is 15.5. The standard InChI is InChI=1S/C62H100O30/c1-23-46(88-52-45(79)47(30(67)21-83-52)89-51-42(76)36(70)28(65)19-82-51)40(74)44(78)53(86-23)90-48-37(71)29(66)20-84-55(48)92-56(80)62-14-13-57(2,3)15-25(62)24-9-10-33-59(6)16-26(63)49(58(4,5)32(59)11-12-60(33,7)61(24,8)17-34(62)68)91-54-43(77)39(73)38(72)31(87-54)22-85-50-41(75)35(69)27(64)18-81-50/h9,23,25-55,63-79H,10-22H2,1-8H3. The van der Waals surface area contributed by atoms with Gasteiger partial charge in [0.15, 0.2) is 37.6 Å². The van der Waals surface area contributed by atoms with Crippen LogP contribution in [0.25, 0.3) is 0 Å². The van der Waals surface area contributed by atoms with Gasteiger partial charge in [-0.3, -0.25) is 4.79 Å². The topological polar surface area (TPSA) is 472 Å². The third-order valence-corrected chi connectivity index (χ3v) is 24.0. The number of carbonyl (C=O) groups is 1. The number of fused-ring (bicyclic) bond motifs is 7. The lowest BCUT2D eigenvalue weighted by molar-refractivity contribution is -0.375. The first-order chi connectivity index (χ1) is 43.0. The molecule has 11 rings (SSSR count). The maximum Gasteiger partial charge on any atom is 0.317 e. The molecule has 36 unspecified atom stereocenters. The Bertz CT molecular complexity index is 2600. The highest BCUT2D eigenvalue weighted by atomic mass is 16.8. The summed E-state index contributed by atoms with van der Waals surface area (Å²) in [5.41, 5.74) is -3.50. The van der Waals surface area contributed by atoms with E-state index in [-0.39, 0.29) is 43.1 Å². The van der Waals surface area contributed by atoms with E-state index < -0.39 is 244 Å². The van der Waals surface area contributed by atoms with Crippen LogP contribution in [0.1, 0.15) is 107 Å². The fourth-order valence-electron chi connectivity index (χ4n) is 18.5. The van der Waals surface area contributed by atoms with Gasteiger partial charge in [0.2, 0.25) is 6.29 Å². The van der Waals surface area contributed by atoms with Crippen LogP contribution in [-0.2, 0) is 61.6 Å². The van der Waals surface area contributed by atoms with Gasteiger partial charge in [0.25, 0.3) is 0 Å². The molecule has 30 nitrogen and oxygen atoms in total. The molecule has 92 heavy (non-hydrogen) atoms. The molecule has 0 aromatic carbocycles. The van der Waals surface area contributed by atoms with Gasteiger partial charge in [-0.2, -0.15) is 0 Å². The van der Waals surface area contributed by atoms with Crippen LogP contribution in [-0.4, -0.2) is 304 Å². The number of rotatable bonds is 13. The van der Waals surface area contributed by atoms with Crippen molar-refractivity contribution in [3.05, 3.63) is 11.6 Å². The largest absolute Gasteiger partial charge is 0.432 e. The molecule has 11 aliphatic rings. The normalized spacial score (nSPS) is 55.2. The summed E-state index contributed by atoms with van der Waals surface area (Å²) >= 11 is 0. The lowest BCUT2D eigenvalue weighted by Crippen LogP contribution is -2.70. The molecule has 10 fully saturated rings. The Morgan fingerprint density at radius 2 is 1.04 bits per heavy atom. The van der Waals surface area contributed by atoms with E-state index >= 15 is 4.79 Å². The molecule has 30 heteroatoms. The van der Waals surface area contributed by atoms with Crippen molar-refractivity contribution in [3.63, 3.8) is 0 Å². The Labute approximate surface area is 532 Å². The molecular weight excluding hydrogens is 1220 g/mol. The Morgan fingerprint density at radius 3 is 1.71 bits per heavy atom. The minimum absolute atomic E-state index is 0.0890. The van der Waals surface area contributed by atoms with Gasteiger partial charge in [0.05, 0.1) is 57.5 Å². The van der Waals surface area contributed by atoms with Gasteiger partial charge < -0.3 is 144 Å². The van der Waals surface area contributed by atoms with Crippen molar-refractivity contribution < 1.29 is 148 Å². The first-order valence-electron chi connectivity index (χ1n) is 32.5. The average molecular weight is 1330 g/mol. The first-order valence-corrected chi connectivity index (χ1v) is 32.5. The van der Waals surface area contributed by atoms with E-state index in [9.17, 15) is 86.8 Å². The molecule has 0 amide bonds.